The zero-order valence-electron chi connectivity index (χ0n) is 16.3. The lowest BCUT2D eigenvalue weighted by atomic mass is 9.83. The van der Waals surface area contributed by atoms with E-state index in [1.165, 1.54) is 12.1 Å². The minimum Gasteiger partial charge on any atom is -0.462 e. The molecule has 0 spiro atoms. The molecule has 5 nitrogen and oxygen atoms in total. The SMILES string of the molecule is COCc1ccc(CN2CC[C@H]3[C@H](CCC(=O)N3Cc3cccc(F)c3)C2)o1. The van der Waals surface area contributed by atoms with Gasteiger partial charge in [0.2, 0.25) is 5.91 Å². The summed E-state index contributed by atoms with van der Waals surface area (Å²) in [6, 6.07) is 10.8. The number of halogens is 1. The molecule has 0 unspecified atom stereocenters. The van der Waals surface area contributed by atoms with E-state index >= 15 is 0 Å². The summed E-state index contributed by atoms with van der Waals surface area (Å²) in [5.74, 6) is 2.19. The molecule has 28 heavy (non-hydrogen) atoms. The Morgan fingerprint density at radius 2 is 2.04 bits per heavy atom. The van der Waals surface area contributed by atoms with Crippen molar-refractivity contribution in [2.24, 2.45) is 5.92 Å². The van der Waals surface area contributed by atoms with E-state index in [0.29, 0.717) is 25.5 Å². The number of carbonyl (C=O) groups is 1. The number of benzene rings is 1. The van der Waals surface area contributed by atoms with E-state index in [9.17, 15) is 9.18 Å². The second kappa shape index (κ2) is 8.45. The monoisotopic (exact) mass is 386 g/mol. The summed E-state index contributed by atoms with van der Waals surface area (Å²) in [6.45, 7) is 3.65. The lowest BCUT2D eigenvalue weighted by Gasteiger charge is -2.47. The van der Waals surface area contributed by atoms with Crippen LogP contribution in [0.1, 0.15) is 36.3 Å². The summed E-state index contributed by atoms with van der Waals surface area (Å²) in [6.07, 6.45) is 2.44. The first-order valence-electron chi connectivity index (χ1n) is 9.95. The summed E-state index contributed by atoms with van der Waals surface area (Å²) in [5, 5.41) is 0. The molecule has 2 aliphatic heterocycles. The number of hydrogen-bond acceptors (Lipinski definition) is 4. The predicted molar refractivity (Wildman–Crippen MR) is 103 cm³/mol. The highest BCUT2D eigenvalue weighted by atomic mass is 19.1. The second-order valence-corrected chi connectivity index (χ2v) is 7.84. The average molecular weight is 386 g/mol. The maximum absolute atomic E-state index is 13.5. The minimum atomic E-state index is -0.250. The van der Waals surface area contributed by atoms with Gasteiger partial charge in [0, 0.05) is 39.2 Å². The van der Waals surface area contributed by atoms with Gasteiger partial charge in [-0.15, -0.1) is 0 Å². The summed E-state index contributed by atoms with van der Waals surface area (Å²) in [4.78, 5) is 17.0. The fraction of sp³-hybridized carbons (Fsp3) is 0.500. The van der Waals surface area contributed by atoms with Gasteiger partial charge in [-0.2, -0.15) is 0 Å². The first kappa shape index (κ1) is 19.2. The molecule has 0 aliphatic carbocycles. The van der Waals surface area contributed by atoms with Crippen molar-refractivity contribution in [3.63, 3.8) is 0 Å². The van der Waals surface area contributed by atoms with E-state index in [1.54, 1.807) is 13.2 Å². The number of hydrogen-bond donors (Lipinski definition) is 0. The maximum Gasteiger partial charge on any atom is 0.223 e. The largest absolute Gasteiger partial charge is 0.462 e. The van der Waals surface area contributed by atoms with E-state index < -0.39 is 0 Å². The highest BCUT2D eigenvalue weighted by molar-refractivity contribution is 5.77. The first-order valence-corrected chi connectivity index (χ1v) is 9.95. The molecule has 6 heteroatoms. The zero-order chi connectivity index (χ0) is 19.5. The summed E-state index contributed by atoms with van der Waals surface area (Å²) in [7, 11) is 1.66. The number of rotatable bonds is 6. The molecule has 2 atom stereocenters. The normalized spacial score (nSPS) is 23.1. The van der Waals surface area contributed by atoms with Crippen molar-refractivity contribution >= 4 is 5.91 Å². The highest BCUT2D eigenvalue weighted by Crippen LogP contribution is 2.33. The topological polar surface area (TPSA) is 45.9 Å². The van der Waals surface area contributed by atoms with Gasteiger partial charge in [-0.25, -0.2) is 4.39 Å². The van der Waals surface area contributed by atoms with Crippen LogP contribution in [0.25, 0.3) is 0 Å². The molecule has 2 saturated heterocycles. The predicted octanol–water partition coefficient (Wildman–Crippen LogP) is 3.58. The van der Waals surface area contributed by atoms with E-state index in [1.807, 2.05) is 23.1 Å². The molecule has 2 aromatic rings. The van der Waals surface area contributed by atoms with Crippen LogP contribution in [0.5, 0.6) is 0 Å². The Morgan fingerprint density at radius 3 is 2.86 bits per heavy atom. The van der Waals surface area contributed by atoms with Gasteiger partial charge in [0.05, 0.1) is 6.54 Å². The van der Waals surface area contributed by atoms with Gasteiger partial charge in [-0.1, -0.05) is 12.1 Å². The summed E-state index contributed by atoms with van der Waals surface area (Å²) >= 11 is 0. The lowest BCUT2D eigenvalue weighted by molar-refractivity contribution is -0.142. The van der Waals surface area contributed by atoms with Gasteiger partial charge in [-0.05, 0) is 48.6 Å². The van der Waals surface area contributed by atoms with Crippen LogP contribution in [0.3, 0.4) is 0 Å². The molecule has 4 rings (SSSR count). The Hall–Kier alpha value is -2.18. The highest BCUT2D eigenvalue weighted by Gasteiger charge is 2.39. The number of methoxy groups -OCH3 is 1. The third kappa shape index (κ3) is 4.28. The van der Waals surface area contributed by atoms with Crippen molar-refractivity contribution in [2.75, 3.05) is 20.2 Å². The van der Waals surface area contributed by atoms with Crippen LogP contribution in [0.4, 0.5) is 4.39 Å². The third-order valence-corrected chi connectivity index (χ3v) is 5.85. The van der Waals surface area contributed by atoms with Crippen LogP contribution in [-0.2, 0) is 29.2 Å². The molecule has 1 amide bonds. The zero-order valence-corrected chi connectivity index (χ0v) is 16.3. The molecule has 2 fully saturated rings. The molecule has 2 aliphatic rings. The fourth-order valence-electron chi connectivity index (χ4n) is 4.56. The Balaban J connectivity index is 1.39. The van der Waals surface area contributed by atoms with Crippen LogP contribution >= 0.6 is 0 Å². The standard InChI is InChI=1S/C22H27FN2O3/c1-27-15-20-7-6-19(28-20)14-24-10-9-21-17(13-24)5-8-22(26)25(21)12-16-3-2-4-18(23)11-16/h2-4,6-7,11,17,21H,5,8-10,12-15H2,1H3/t17-,21+/m1/s1. The van der Waals surface area contributed by atoms with Crippen molar-refractivity contribution in [3.8, 4) is 0 Å². The number of carbonyl (C=O) groups excluding carboxylic acids is 1. The Kier molecular flexibility index (Phi) is 5.78. The van der Waals surface area contributed by atoms with Crippen molar-refractivity contribution in [3.05, 3.63) is 59.3 Å². The van der Waals surface area contributed by atoms with Gasteiger partial charge >= 0.3 is 0 Å². The van der Waals surface area contributed by atoms with Crippen molar-refractivity contribution in [1.82, 2.24) is 9.80 Å². The van der Waals surface area contributed by atoms with Gasteiger partial charge in [-0.3, -0.25) is 9.69 Å². The Bertz CT molecular complexity index is 822. The third-order valence-electron chi connectivity index (χ3n) is 5.85. The van der Waals surface area contributed by atoms with Crippen LogP contribution in [0, 0.1) is 11.7 Å². The van der Waals surface area contributed by atoms with E-state index in [2.05, 4.69) is 4.90 Å². The molecule has 1 aromatic carbocycles. The van der Waals surface area contributed by atoms with Crippen molar-refractivity contribution in [1.29, 1.82) is 0 Å². The fourth-order valence-corrected chi connectivity index (χ4v) is 4.56. The number of piperidine rings is 2. The summed E-state index contributed by atoms with van der Waals surface area (Å²) in [5.41, 5.74) is 0.859. The number of ether oxygens (including phenoxy) is 1. The Labute approximate surface area is 165 Å². The summed E-state index contributed by atoms with van der Waals surface area (Å²) < 4.78 is 24.5. The second-order valence-electron chi connectivity index (χ2n) is 7.84. The molecule has 0 bridgehead atoms. The lowest BCUT2D eigenvalue weighted by Crippen LogP contribution is -2.55. The number of furan rings is 1. The van der Waals surface area contributed by atoms with Gasteiger partial charge in [0.1, 0.15) is 23.9 Å². The van der Waals surface area contributed by atoms with Gasteiger partial charge in [0.25, 0.3) is 0 Å². The molecular formula is C22H27FN2O3. The molecule has 3 heterocycles. The van der Waals surface area contributed by atoms with E-state index in [0.717, 1.165) is 49.6 Å². The van der Waals surface area contributed by atoms with Crippen LogP contribution < -0.4 is 0 Å². The Morgan fingerprint density at radius 1 is 1.18 bits per heavy atom. The van der Waals surface area contributed by atoms with Crippen molar-refractivity contribution in [2.45, 2.75) is 45.0 Å². The molecule has 150 valence electrons. The molecule has 1 aromatic heterocycles. The van der Waals surface area contributed by atoms with Crippen LogP contribution in [0.15, 0.2) is 40.8 Å². The number of fused-ring (bicyclic) bond motifs is 1. The van der Waals surface area contributed by atoms with E-state index in [4.69, 9.17) is 9.15 Å². The van der Waals surface area contributed by atoms with Gasteiger partial charge < -0.3 is 14.1 Å². The average Bonchev–Trinajstić information content (AvgIpc) is 3.11. The number of likely N-dealkylation sites (tertiary alicyclic amines) is 2. The van der Waals surface area contributed by atoms with E-state index in [-0.39, 0.29) is 17.8 Å². The molecule has 0 N–H and O–H groups in total. The molecule has 0 radical (unpaired) electrons. The maximum atomic E-state index is 13.5. The minimum absolute atomic E-state index is 0.189. The smallest absolute Gasteiger partial charge is 0.223 e. The quantitative estimate of drug-likeness (QED) is 0.761. The number of nitrogens with zero attached hydrogens (tertiary/aromatic N) is 2. The number of amides is 1. The van der Waals surface area contributed by atoms with Gasteiger partial charge in [0.15, 0.2) is 0 Å². The van der Waals surface area contributed by atoms with Crippen LogP contribution in [-0.4, -0.2) is 41.9 Å². The molecule has 0 saturated carbocycles. The first-order chi connectivity index (χ1) is 13.6. The van der Waals surface area contributed by atoms with Crippen LogP contribution in [0.2, 0.25) is 0 Å². The molecular weight excluding hydrogens is 359 g/mol. The van der Waals surface area contributed by atoms with Crippen molar-refractivity contribution < 1.29 is 18.3 Å².